The van der Waals surface area contributed by atoms with E-state index in [9.17, 15) is 13.2 Å². The quantitative estimate of drug-likeness (QED) is 0.852. The van der Waals surface area contributed by atoms with Gasteiger partial charge in [-0.1, -0.05) is 32.0 Å². The fourth-order valence-corrected chi connectivity index (χ4v) is 3.37. The topological polar surface area (TPSA) is 72.5 Å². The van der Waals surface area contributed by atoms with Crippen molar-refractivity contribution in [2.24, 2.45) is 5.92 Å². The van der Waals surface area contributed by atoms with Crippen molar-refractivity contribution >= 4 is 21.8 Å². The molecule has 1 aliphatic heterocycles. The first-order chi connectivity index (χ1) is 8.89. The Morgan fingerprint density at radius 1 is 1.42 bits per heavy atom. The Hall–Kier alpha value is -1.56. The summed E-state index contributed by atoms with van der Waals surface area (Å²) in [5, 5.41) is 3.06. The number of hydrogen-bond acceptors (Lipinski definition) is 5. The summed E-state index contributed by atoms with van der Waals surface area (Å²) in [6.45, 7) is 3.89. The van der Waals surface area contributed by atoms with Crippen molar-refractivity contribution in [3.63, 3.8) is 0 Å². The van der Waals surface area contributed by atoms with Crippen molar-refractivity contribution in [3.05, 3.63) is 29.8 Å². The van der Waals surface area contributed by atoms with E-state index in [4.69, 9.17) is 0 Å². The van der Waals surface area contributed by atoms with E-state index >= 15 is 0 Å². The maximum absolute atomic E-state index is 12.0. The Morgan fingerprint density at radius 3 is 2.79 bits per heavy atom. The summed E-state index contributed by atoms with van der Waals surface area (Å²) in [5.41, 5.74) is 1.64. The van der Waals surface area contributed by atoms with Crippen molar-refractivity contribution in [1.82, 2.24) is 0 Å². The second-order valence-electron chi connectivity index (χ2n) is 5.04. The lowest BCUT2D eigenvalue weighted by Crippen LogP contribution is -2.24. The lowest BCUT2D eigenvalue weighted by Gasteiger charge is -2.11. The zero-order valence-electron chi connectivity index (χ0n) is 10.9. The SMILES string of the molecule is CC(C)CS(=O)(=O)OC(=O)C1CNc2ccccc21. The second kappa shape index (κ2) is 5.21. The number of para-hydroxylation sites is 1. The van der Waals surface area contributed by atoms with Crippen LogP contribution in [0.4, 0.5) is 5.69 Å². The highest BCUT2D eigenvalue weighted by molar-refractivity contribution is 7.87. The van der Waals surface area contributed by atoms with Gasteiger partial charge in [0, 0.05) is 12.2 Å². The van der Waals surface area contributed by atoms with E-state index in [1.54, 1.807) is 19.9 Å². The molecule has 0 saturated heterocycles. The molecule has 6 heteroatoms. The molecule has 0 aromatic heterocycles. The molecular weight excluding hydrogens is 266 g/mol. The Kier molecular flexibility index (Phi) is 3.80. The second-order valence-corrected chi connectivity index (χ2v) is 6.66. The molecule has 0 bridgehead atoms. The van der Waals surface area contributed by atoms with Crippen LogP contribution in [0, 0.1) is 5.92 Å². The molecule has 104 valence electrons. The van der Waals surface area contributed by atoms with Crippen LogP contribution in [0.1, 0.15) is 25.3 Å². The van der Waals surface area contributed by atoms with Crippen molar-refractivity contribution in [2.45, 2.75) is 19.8 Å². The highest BCUT2D eigenvalue weighted by Crippen LogP contribution is 2.32. The van der Waals surface area contributed by atoms with Crippen LogP contribution in [0.15, 0.2) is 24.3 Å². The minimum atomic E-state index is -3.80. The van der Waals surface area contributed by atoms with Gasteiger partial charge < -0.3 is 9.50 Å². The first-order valence-electron chi connectivity index (χ1n) is 6.18. The van der Waals surface area contributed by atoms with E-state index in [2.05, 4.69) is 9.50 Å². The molecule has 1 aromatic carbocycles. The van der Waals surface area contributed by atoms with Gasteiger partial charge in [0.2, 0.25) is 0 Å². The summed E-state index contributed by atoms with van der Waals surface area (Å²) >= 11 is 0. The van der Waals surface area contributed by atoms with E-state index in [0.717, 1.165) is 11.3 Å². The smallest absolute Gasteiger partial charge is 0.331 e. The first kappa shape index (κ1) is 13.9. The van der Waals surface area contributed by atoms with Gasteiger partial charge in [0.15, 0.2) is 0 Å². The molecule has 1 N–H and O–H groups in total. The molecule has 0 fully saturated rings. The van der Waals surface area contributed by atoms with Crippen LogP contribution in [-0.4, -0.2) is 26.7 Å². The third-order valence-corrected chi connectivity index (χ3v) is 4.36. The molecule has 0 aliphatic carbocycles. The number of carbonyl (C=O) groups excluding carboxylic acids is 1. The van der Waals surface area contributed by atoms with Crippen molar-refractivity contribution in [1.29, 1.82) is 0 Å². The van der Waals surface area contributed by atoms with Gasteiger partial charge in [0.1, 0.15) is 5.92 Å². The molecule has 19 heavy (non-hydrogen) atoms. The van der Waals surface area contributed by atoms with Gasteiger partial charge >= 0.3 is 16.1 Å². The lowest BCUT2D eigenvalue weighted by atomic mass is 10.0. The van der Waals surface area contributed by atoms with Gasteiger partial charge in [-0.3, -0.25) is 4.79 Å². The number of hydrogen-bond donors (Lipinski definition) is 1. The fraction of sp³-hybridized carbons (Fsp3) is 0.462. The molecular formula is C13H17NO4S. The van der Waals surface area contributed by atoms with Crippen LogP contribution in [0.3, 0.4) is 0 Å². The van der Waals surface area contributed by atoms with Crippen LogP contribution < -0.4 is 5.32 Å². The van der Waals surface area contributed by atoms with Gasteiger partial charge in [-0.15, -0.1) is 0 Å². The summed E-state index contributed by atoms with van der Waals surface area (Å²) in [7, 11) is -3.80. The minimum Gasteiger partial charge on any atom is -0.384 e. The highest BCUT2D eigenvalue weighted by atomic mass is 32.2. The largest absolute Gasteiger partial charge is 0.384 e. The van der Waals surface area contributed by atoms with Crippen LogP contribution in [0.5, 0.6) is 0 Å². The summed E-state index contributed by atoms with van der Waals surface area (Å²) in [6.07, 6.45) is 0. The van der Waals surface area contributed by atoms with Crippen LogP contribution in [0.25, 0.3) is 0 Å². The highest BCUT2D eigenvalue weighted by Gasteiger charge is 2.32. The van der Waals surface area contributed by atoms with Gasteiger partial charge in [0.05, 0.1) is 5.75 Å². The zero-order valence-corrected chi connectivity index (χ0v) is 11.7. The molecule has 1 aliphatic rings. The number of rotatable bonds is 4. The molecule has 5 nitrogen and oxygen atoms in total. The Balaban J connectivity index is 2.11. The third-order valence-electron chi connectivity index (χ3n) is 2.86. The average Bonchev–Trinajstić information content (AvgIpc) is 2.69. The number of benzene rings is 1. The van der Waals surface area contributed by atoms with Crippen LogP contribution >= 0.6 is 0 Å². The maximum atomic E-state index is 12.0. The van der Waals surface area contributed by atoms with Crippen molar-refractivity contribution in [3.8, 4) is 0 Å². The predicted octanol–water partition coefficient (Wildman–Crippen LogP) is 1.72. The minimum absolute atomic E-state index is 0.0770. The van der Waals surface area contributed by atoms with Crippen LogP contribution in [0.2, 0.25) is 0 Å². The number of nitrogens with one attached hydrogen (secondary N) is 1. The van der Waals surface area contributed by atoms with Crippen molar-refractivity contribution in [2.75, 3.05) is 17.6 Å². The monoisotopic (exact) mass is 283 g/mol. The van der Waals surface area contributed by atoms with E-state index in [1.807, 2.05) is 18.2 Å². The zero-order chi connectivity index (χ0) is 14.0. The van der Waals surface area contributed by atoms with Gasteiger partial charge in [-0.25, -0.2) is 0 Å². The maximum Gasteiger partial charge on any atom is 0.331 e. The number of anilines is 1. The third kappa shape index (κ3) is 3.26. The van der Waals surface area contributed by atoms with E-state index in [0.29, 0.717) is 6.54 Å². The number of carbonyl (C=O) groups is 1. The fourth-order valence-electron chi connectivity index (χ4n) is 2.12. The van der Waals surface area contributed by atoms with Gasteiger partial charge in [-0.05, 0) is 17.5 Å². The van der Waals surface area contributed by atoms with Gasteiger partial charge in [0.25, 0.3) is 0 Å². The molecule has 1 atom stereocenters. The molecule has 0 spiro atoms. The van der Waals surface area contributed by atoms with Gasteiger partial charge in [-0.2, -0.15) is 8.42 Å². The molecule has 1 aromatic rings. The number of fused-ring (bicyclic) bond motifs is 1. The van der Waals surface area contributed by atoms with E-state index < -0.39 is 22.0 Å². The molecule has 2 rings (SSSR count). The Morgan fingerprint density at radius 2 is 2.11 bits per heavy atom. The molecule has 0 radical (unpaired) electrons. The summed E-state index contributed by atoms with van der Waals surface area (Å²) < 4.78 is 28.0. The standard InChI is InChI=1S/C13H17NO4S/c1-9(2)8-19(16,17)18-13(15)11-7-14-12-6-4-3-5-10(11)12/h3-6,9,11,14H,7-8H2,1-2H3. The predicted molar refractivity (Wildman–Crippen MR) is 72.4 cm³/mol. The summed E-state index contributed by atoms with van der Waals surface area (Å²) in [5.74, 6) is -1.50. The first-order valence-corrected chi connectivity index (χ1v) is 7.75. The van der Waals surface area contributed by atoms with E-state index in [-0.39, 0.29) is 11.7 Å². The Bertz CT molecular complexity index is 580. The summed E-state index contributed by atoms with van der Waals surface area (Å²) in [6, 6.07) is 7.32. The Labute approximate surface area is 113 Å². The van der Waals surface area contributed by atoms with Crippen molar-refractivity contribution < 1.29 is 17.4 Å². The molecule has 0 saturated carbocycles. The molecule has 0 amide bonds. The van der Waals surface area contributed by atoms with Crippen LogP contribution in [-0.2, 0) is 19.1 Å². The lowest BCUT2D eigenvalue weighted by molar-refractivity contribution is -0.135. The molecule has 1 unspecified atom stereocenters. The average molecular weight is 283 g/mol. The summed E-state index contributed by atoms with van der Waals surface area (Å²) in [4.78, 5) is 12.0. The normalized spacial score (nSPS) is 17.9. The molecule has 1 heterocycles. The van der Waals surface area contributed by atoms with E-state index in [1.165, 1.54) is 0 Å².